The third-order valence-electron chi connectivity index (χ3n) is 8.54. The molecule has 6 heteroatoms. The molecule has 0 aromatic heterocycles. The third-order valence-corrected chi connectivity index (χ3v) is 8.75. The number of alkyl halides is 1. The number of hydrogen-bond donors (Lipinski definition) is 2. The van der Waals surface area contributed by atoms with Crippen LogP contribution in [0.3, 0.4) is 0 Å². The summed E-state index contributed by atoms with van der Waals surface area (Å²) in [5.74, 6) is -0.697. The number of rotatable bonds is 5. The van der Waals surface area contributed by atoms with Crippen molar-refractivity contribution >= 4 is 23.4 Å². The predicted octanol–water partition coefficient (Wildman–Crippen LogP) is 2.51. The molecule has 5 aliphatic rings. The van der Waals surface area contributed by atoms with Crippen LogP contribution in [0.4, 0.5) is 0 Å². The fourth-order valence-corrected chi connectivity index (χ4v) is 7.73. The van der Waals surface area contributed by atoms with Crippen LogP contribution in [0.1, 0.15) is 57.8 Å². The number of carbonyl (C=O) groups excluding carboxylic acids is 2. The van der Waals surface area contributed by atoms with Crippen molar-refractivity contribution in [2.24, 2.45) is 22.7 Å². The molecule has 4 unspecified atom stereocenters. The number of ether oxygens (including phenoxy) is 1. The lowest BCUT2D eigenvalue weighted by atomic mass is 9.69. The molecule has 1 aliphatic heterocycles. The van der Waals surface area contributed by atoms with E-state index >= 15 is 0 Å². The second-order valence-corrected chi connectivity index (χ2v) is 9.49. The third kappa shape index (κ3) is 1.76. The fourth-order valence-electron chi connectivity index (χ4n) is 7.52. The smallest absolute Gasteiger partial charge is 0.318 e. The summed E-state index contributed by atoms with van der Waals surface area (Å²) in [6.07, 6.45) is 7.11. The molecule has 27 heavy (non-hydrogen) atoms. The molecule has 148 valence electrons. The molecule has 4 aliphatic carbocycles. The van der Waals surface area contributed by atoms with Crippen LogP contribution < -0.4 is 0 Å². The number of halogens is 1. The van der Waals surface area contributed by atoms with Crippen LogP contribution >= 0.6 is 11.6 Å². The average Bonchev–Trinajstić information content (AvgIpc) is 2.94. The van der Waals surface area contributed by atoms with Crippen LogP contribution in [0.5, 0.6) is 0 Å². The maximum absolute atomic E-state index is 12.6. The largest absolute Gasteiger partial charge is 0.454 e. The maximum atomic E-state index is 12.6. The quantitative estimate of drug-likeness (QED) is 0.425. The van der Waals surface area contributed by atoms with Gasteiger partial charge in [-0.05, 0) is 51.4 Å². The summed E-state index contributed by atoms with van der Waals surface area (Å²) in [6, 6.07) is 0. The standard InChI is InChI=1S/C21H27ClO5/c22-9-8-15-16(24)10-19-18(26)27-21(19,20(15,19)11-23)17(25)14-7-3-5-12-4-1-2-6-13(12)14/h14-15,17,23,25H,1-11H2/t14?,15-,17?,19?,20-,21?/m0/s1. The molecule has 1 spiro atoms. The molecule has 0 amide bonds. The monoisotopic (exact) mass is 394 g/mol. The Kier molecular flexibility index (Phi) is 3.90. The highest BCUT2D eigenvalue weighted by Crippen LogP contribution is 2.89. The summed E-state index contributed by atoms with van der Waals surface area (Å²) in [6.45, 7) is -0.318. The van der Waals surface area contributed by atoms with E-state index in [1.165, 1.54) is 17.6 Å². The first-order valence-electron chi connectivity index (χ1n) is 10.3. The predicted molar refractivity (Wildman–Crippen MR) is 98.1 cm³/mol. The second kappa shape index (κ2) is 5.80. The first-order chi connectivity index (χ1) is 13.0. The zero-order valence-corrected chi connectivity index (χ0v) is 16.3. The highest BCUT2D eigenvalue weighted by molar-refractivity contribution is 6.18. The topological polar surface area (TPSA) is 83.8 Å². The van der Waals surface area contributed by atoms with Gasteiger partial charge in [-0.3, -0.25) is 9.59 Å². The van der Waals surface area contributed by atoms with Gasteiger partial charge in [0, 0.05) is 24.1 Å². The van der Waals surface area contributed by atoms with Gasteiger partial charge in [0.15, 0.2) is 5.60 Å². The first kappa shape index (κ1) is 18.1. The zero-order valence-electron chi connectivity index (χ0n) is 15.5. The van der Waals surface area contributed by atoms with Gasteiger partial charge in [0.25, 0.3) is 0 Å². The number of Topliss-reactive ketones (excluding diaryl/α,β-unsaturated/α-hetero) is 1. The van der Waals surface area contributed by atoms with Gasteiger partial charge in [-0.1, -0.05) is 11.1 Å². The molecule has 0 radical (unpaired) electrons. The number of hydrogen-bond acceptors (Lipinski definition) is 5. The molecule has 5 nitrogen and oxygen atoms in total. The Balaban J connectivity index is 1.55. The normalized spacial score (nSPS) is 46.2. The van der Waals surface area contributed by atoms with Crippen molar-refractivity contribution in [3.8, 4) is 0 Å². The first-order valence-corrected chi connectivity index (χ1v) is 10.9. The minimum Gasteiger partial charge on any atom is -0.454 e. The van der Waals surface area contributed by atoms with Crippen molar-refractivity contribution in [1.82, 2.24) is 0 Å². The van der Waals surface area contributed by atoms with Gasteiger partial charge in [-0.15, -0.1) is 11.6 Å². The molecule has 2 saturated carbocycles. The summed E-state index contributed by atoms with van der Waals surface area (Å²) >= 11 is 5.93. The number of allylic oxidation sites excluding steroid dienone is 1. The molecule has 1 heterocycles. The number of fused-ring (bicyclic) bond motifs is 1. The minimum absolute atomic E-state index is 0.0228. The molecule has 0 aromatic carbocycles. The maximum Gasteiger partial charge on any atom is 0.318 e. The van der Waals surface area contributed by atoms with Gasteiger partial charge < -0.3 is 14.9 Å². The van der Waals surface area contributed by atoms with Crippen molar-refractivity contribution in [3.05, 3.63) is 11.1 Å². The molecule has 0 bridgehead atoms. The van der Waals surface area contributed by atoms with E-state index in [4.69, 9.17) is 16.3 Å². The molecule has 2 N–H and O–H groups in total. The van der Waals surface area contributed by atoms with Crippen LogP contribution in [0.2, 0.25) is 0 Å². The van der Waals surface area contributed by atoms with E-state index in [1.54, 1.807) is 0 Å². The number of esters is 1. The molecule has 1 saturated heterocycles. The van der Waals surface area contributed by atoms with Crippen molar-refractivity contribution in [2.75, 3.05) is 12.5 Å². The Labute approximate surface area is 164 Å². The molecular weight excluding hydrogens is 368 g/mol. The minimum atomic E-state index is -1.10. The Morgan fingerprint density at radius 3 is 2.63 bits per heavy atom. The van der Waals surface area contributed by atoms with Crippen LogP contribution in [0.25, 0.3) is 0 Å². The molecule has 6 atom stereocenters. The second-order valence-electron chi connectivity index (χ2n) is 9.11. The van der Waals surface area contributed by atoms with E-state index in [9.17, 15) is 19.8 Å². The SMILES string of the molecule is O=C1CC23C(=O)OC2(C(O)C2CCCC4=C2CCCC4)[C@@]3(CO)[C@H]1CCCl. The van der Waals surface area contributed by atoms with Crippen molar-refractivity contribution in [3.63, 3.8) is 0 Å². The van der Waals surface area contributed by atoms with Crippen LogP contribution in [0.15, 0.2) is 11.1 Å². The Morgan fingerprint density at radius 2 is 1.93 bits per heavy atom. The van der Waals surface area contributed by atoms with Crippen LogP contribution in [0, 0.1) is 22.7 Å². The van der Waals surface area contributed by atoms with Gasteiger partial charge in [0.05, 0.1) is 12.0 Å². The summed E-state index contributed by atoms with van der Waals surface area (Å²) in [7, 11) is 0. The van der Waals surface area contributed by atoms with E-state index in [0.29, 0.717) is 6.42 Å². The number of carbonyl (C=O) groups is 2. The van der Waals surface area contributed by atoms with Gasteiger partial charge in [-0.25, -0.2) is 0 Å². The summed E-state index contributed by atoms with van der Waals surface area (Å²) < 4.78 is 5.71. The van der Waals surface area contributed by atoms with Crippen molar-refractivity contribution in [2.45, 2.75) is 69.5 Å². The lowest BCUT2D eigenvalue weighted by Crippen LogP contribution is -2.57. The molecular formula is C21H27ClO5. The summed E-state index contributed by atoms with van der Waals surface area (Å²) in [5, 5.41) is 21.9. The van der Waals surface area contributed by atoms with Gasteiger partial charge in [0.2, 0.25) is 0 Å². The Bertz CT molecular complexity index is 743. The van der Waals surface area contributed by atoms with E-state index in [-0.39, 0.29) is 30.6 Å². The van der Waals surface area contributed by atoms with E-state index in [0.717, 1.165) is 38.5 Å². The average molecular weight is 395 g/mol. The van der Waals surface area contributed by atoms with Crippen LogP contribution in [-0.2, 0) is 14.3 Å². The van der Waals surface area contributed by atoms with E-state index < -0.39 is 34.4 Å². The van der Waals surface area contributed by atoms with Crippen molar-refractivity contribution in [1.29, 1.82) is 0 Å². The summed E-state index contributed by atoms with van der Waals surface area (Å²) in [4.78, 5) is 25.2. The molecule has 0 aromatic rings. The number of ketones is 1. The summed E-state index contributed by atoms with van der Waals surface area (Å²) in [5.41, 5.74) is -0.298. The fraction of sp³-hybridized carbons (Fsp3) is 0.810. The van der Waals surface area contributed by atoms with E-state index in [2.05, 4.69) is 0 Å². The highest BCUT2D eigenvalue weighted by atomic mass is 35.5. The molecule has 3 fully saturated rings. The van der Waals surface area contributed by atoms with Crippen LogP contribution in [-0.4, -0.2) is 46.2 Å². The van der Waals surface area contributed by atoms with Gasteiger partial charge >= 0.3 is 5.97 Å². The number of aliphatic hydroxyl groups is 2. The zero-order chi connectivity index (χ0) is 19.0. The van der Waals surface area contributed by atoms with Gasteiger partial charge in [-0.2, -0.15) is 0 Å². The highest BCUT2D eigenvalue weighted by Gasteiger charge is 3.06. The Morgan fingerprint density at radius 1 is 1.19 bits per heavy atom. The van der Waals surface area contributed by atoms with E-state index in [1.807, 2.05) is 0 Å². The van der Waals surface area contributed by atoms with Gasteiger partial charge in [0.1, 0.15) is 17.3 Å². The Hall–Kier alpha value is -0.910. The lowest BCUT2D eigenvalue weighted by molar-refractivity contribution is -0.207. The number of aliphatic hydroxyl groups excluding tert-OH is 2. The van der Waals surface area contributed by atoms with Crippen molar-refractivity contribution < 1.29 is 24.5 Å². The lowest BCUT2D eigenvalue weighted by Gasteiger charge is -2.44. The molecule has 5 rings (SSSR count).